The first-order valence-corrected chi connectivity index (χ1v) is 6.93. The lowest BCUT2D eigenvalue weighted by molar-refractivity contribution is 0.136. The molecule has 1 heterocycles. The summed E-state index contributed by atoms with van der Waals surface area (Å²) in [6.45, 7) is 7.99. The molecule has 1 aliphatic rings. The van der Waals surface area contributed by atoms with Crippen LogP contribution in [-0.2, 0) is 6.54 Å². The van der Waals surface area contributed by atoms with Gasteiger partial charge in [0, 0.05) is 31.2 Å². The number of benzene rings is 1. The molecule has 1 saturated heterocycles. The zero-order valence-corrected chi connectivity index (χ0v) is 11.4. The third-order valence-corrected chi connectivity index (χ3v) is 3.79. The normalized spacial score (nSPS) is 21.3. The Labute approximate surface area is 110 Å². The van der Waals surface area contributed by atoms with Gasteiger partial charge in [0.2, 0.25) is 0 Å². The van der Waals surface area contributed by atoms with Crippen LogP contribution in [0, 0.1) is 5.92 Å². The highest BCUT2D eigenvalue weighted by atomic mass is 16.3. The third-order valence-electron chi connectivity index (χ3n) is 3.79. The van der Waals surface area contributed by atoms with Crippen molar-refractivity contribution >= 4 is 5.69 Å². The Hall–Kier alpha value is -1.06. The van der Waals surface area contributed by atoms with Gasteiger partial charge in [-0.15, -0.1) is 0 Å². The minimum absolute atomic E-state index is 0.192. The molecule has 2 atom stereocenters. The molecular formula is C15H24N2O. The second-order valence-corrected chi connectivity index (χ2v) is 5.18. The Morgan fingerprint density at radius 2 is 2.11 bits per heavy atom. The summed E-state index contributed by atoms with van der Waals surface area (Å²) in [5.41, 5.74) is 2.60. The first-order chi connectivity index (χ1) is 8.70. The van der Waals surface area contributed by atoms with E-state index in [1.807, 2.05) is 6.92 Å². The summed E-state index contributed by atoms with van der Waals surface area (Å²) in [4.78, 5) is 2.37. The van der Waals surface area contributed by atoms with Crippen LogP contribution in [-0.4, -0.2) is 30.8 Å². The number of hydrogen-bond acceptors (Lipinski definition) is 3. The van der Waals surface area contributed by atoms with E-state index in [2.05, 4.69) is 41.4 Å². The van der Waals surface area contributed by atoms with Crippen molar-refractivity contribution in [2.24, 2.45) is 5.92 Å². The summed E-state index contributed by atoms with van der Waals surface area (Å²) in [6.07, 6.45) is 0.902. The fraction of sp³-hybridized carbons (Fsp3) is 0.600. The van der Waals surface area contributed by atoms with E-state index in [1.165, 1.54) is 11.3 Å². The Morgan fingerprint density at radius 1 is 1.39 bits per heavy atom. The van der Waals surface area contributed by atoms with Gasteiger partial charge in [0.25, 0.3) is 0 Å². The second kappa shape index (κ2) is 6.21. The first kappa shape index (κ1) is 13.4. The van der Waals surface area contributed by atoms with Gasteiger partial charge in [-0.1, -0.05) is 19.1 Å². The lowest BCUT2D eigenvalue weighted by Gasteiger charge is -2.20. The van der Waals surface area contributed by atoms with Crippen LogP contribution in [0.2, 0.25) is 0 Å². The minimum Gasteiger partial charge on any atom is -0.393 e. The van der Waals surface area contributed by atoms with Crippen molar-refractivity contribution in [1.29, 1.82) is 0 Å². The van der Waals surface area contributed by atoms with E-state index < -0.39 is 0 Å². The summed E-state index contributed by atoms with van der Waals surface area (Å²) >= 11 is 0. The van der Waals surface area contributed by atoms with Crippen molar-refractivity contribution in [2.75, 3.05) is 24.5 Å². The maximum atomic E-state index is 9.62. The van der Waals surface area contributed by atoms with Crippen LogP contribution in [0.25, 0.3) is 0 Å². The monoisotopic (exact) mass is 248 g/mol. The predicted octanol–water partition coefficient (Wildman–Crippen LogP) is 2.00. The standard InChI is InChI=1S/C15H24N2O/c1-3-16-10-13-4-6-15(7-5-13)17-9-8-14(11-17)12(2)18/h4-7,12,14,16,18H,3,8-11H2,1-2H3. The van der Waals surface area contributed by atoms with E-state index in [1.54, 1.807) is 0 Å². The molecule has 0 bridgehead atoms. The molecule has 3 heteroatoms. The fourth-order valence-corrected chi connectivity index (χ4v) is 2.51. The van der Waals surface area contributed by atoms with Crippen molar-refractivity contribution < 1.29 is 5.11 Å². The molecule has 100 valence electrons. The van der Waals surface area contributed by atoms with Crippen LogP contribution in [0.15, 0.2) is 24.3 Å². The number of hydrogen-bond donors (Lipinski definition) is 2. The van der Waals surface area contributed by atoms with Gasteiger partial charge in [0.1, 0.15) is 0 Å². The maximum absolute atomic E-state index is 9.62. The summed E-state index contributed by atoms with van der Waals surface area (Å²) in [6, 6.07) is 8.76. The Kier molecular flexibility index (Phi) is 4.61. The van der Waals surface area contributed by atoms with Gasteiger partial charge in [-0.25, -0.2) is 0 Å². The Morgan fingerprint density at radius 3 is 2.67 bits per heavy atom. The van der Waals surface area contributed by atoms with Crippen LogP contribution in [0.5, 0.6) is 0 Å². The summed E-state index contributed by atoms with van der Waals surface area (Å²) < 4.78 is 0. The van der Waals surface area contributed by atoms with Crippen molar-refractivity contribution in [2.45, 2.75) is 32.9 Å². The zero-order valence-electron chi connectivity index (χ0n) is 11.4. The highest BCUT2D eigenvalue weighted by Gasteiger charge is 2.25. The van der Waals surface area contributed by atoms with Crippen LogP contribution in [0.1, 0.15) is 25.8 Å². The molecule has 0 amide bonds. The van der Waals surface area contributed by atoms with Gasteiger partial charge in [0.05, 0.1) is 6.10 Å². The topological polar surface area (TPSA) is 35.5 Å². The SMILES string of the molecule is CCNCc1ccc(N2CCC(C(C)O)C2)cc1. The molecule has 1 fully saturated rings. The molecule has 1 aromatic carbocycles. The molecule has 3 nitrogen and oxygen atoms in total. The number of aliphatic hydroxyl groups is 1. The average molecular weight is 248 g/mol. The molecule has 0 aliphatic carbocycles. The van der Waals surface area contributed by atoms with E-state index in [9.17, 15) is 5.11 Å². The Bertz CT molecular complexity index is 361. The highest BCUT2D eigenvalue weighted by Crippen LogP contribution is 2.25. The summed E-state index contributed by atoms with van der Waals surface area (Å²) in [5, 5.41) is 13.0. The quantitative estimate of drug-likeness (QED) is 0.836. The van der Waals surface area contributed by atoms with Gasteiger partial charge in [-0.2, -0.15) is 0 Å². The van der Waals surface area contributed by atoms with Gasteiger partial charge < -0.3 is 15.3 Å². The van der Waals surface area contributed by atoms with E-state index in [0.29, 0.717) is 5.92 Å². The van der Waals surface area contributed by atoms with Gasteiger partial charge in [-0.3, -0.25) is 0 Å². The van der Waals surface area contributed by atoms with Crippen LogP contribution >= 0.6 is 0 Å². The smallest absolute Gasteiger partial charge is 0.0557 e. The lowest BCUT2D eigenvalue weighted by Crippen LogP contribution is -2.23. The minimum atomic E-state index is -0.192. The fourth-order valence-electron chi connectivity index (χ4n) is 2.51. The van der Waals surface area contributed by atoms with Gasteiger partial charge in [0.15, 0.2) is 0 Å². The molecular weight excluding hydrogens is 224 g/mol. The summed E-state index contributed by atoms with van der Waals surface area (Å²) in [7, 11) is 0. The maximum Gasteiger partial charge on any atom is 0.0557 e. The van der Waals surface area contributed by atoms with Crippen molar-refractivity contribution in [3.63, 3.8) is 0 Å². The molecule has 0 saturated carbocycles. The molecule has 18 heavy (non-hydrogen) atoms. The number of rotatable bonds is 5. The Balaban J connectivity index is 1.94. The molecule has 0 radical (unpaired) electrons. The molecule has 2 rings (SSSR count). The van der Waals surface area contributed by atoms with Crippen LogP contribution in [0.4, 0.5) is 5.69 Å². The molecule has 0 spiro atoms. The largest absolute Gasteiger partial charge is 0.393 e. The molecule has 2 N–H and O–H groups in total. The first-order valence-electron chi connectivity index (χ1n) is 6.93. The predicted molar refractivity (Wildman–Crippen MR) is 75.8 cm³/mol. The molecule has 0 aromatic heterocycles. The second-order valence-electron chi connectivity index (χ2n) is 5.18. The molecule has 1 aliphatic heterocycles. The third kappa shape index (κ3) is 3.24. The van der Waals surface area contributed by atoms with Gasteiger partial charge in [-0.05, 0) is 37.6 Å². The van der Waals surface area contributed by atoms with E-state index in [0.717, 1.165) is 32.6 Å². The van der Waals surface area contributed by atoms with E-state index in [4.69, 9.17) is 0 Å². The molecule has 1 aromatic rings. The number of anilines is 1. The van der Waals surface area contributed by atoms with Crippen molar-refractivity contribution in [1.82, 2.24) is 5.32 Å². The van der Waals surface area contributed by atoms with Crippen LogP contribution in [0.3, 0.4) is 0 Å². The van der Waals surface area contributed by atoms with Gasteiger partial charge >= 0.3 is 0 Å². The van der Waals surface area contributed by atoms with E-state index in [-0.39, 0.29) is 6.10 Å². The number of nitrogens with one attached hydrogen (secondary N) is 1. The van der Waals surface area contributed by atoms with Crippen molar-refractivity contribution in [3.05, 3.63) is 29.8 Å². The average Bonchev–Trinajstić information content (AvgIpc) is 2.87. The van der Waals surface area contributed by atoms with Crippen molar-refractivity contribution in [3.8, 4) is 0 Å². The lowest BCUT2D eigenvalue weighted by atomic mass is 10.0. The summed E-state index contributed by atoms with van der Waals surface area (Å²) in [5.74, 6) is 0.423. The van der Waals surface area contributed by atoms with Crippen LogP contribution < -0.4 is 10.2 Å². The number of nitrogens with zero attached hydrogens (tertiary/aromatic N) is 1. The highest BCUT2D eigenvalue weighted by molar-refractivity contribution is 5.48. The van der Waals surface area contributed by atoms with E-state index >= 15 is 0 Å². The zero-order chi connectivity index (χ0) is 13.0. The molecule has 2 unspecified atom stereocenters. The number of aliphatic hydroxyl groups excluding tert-OH is 1.